The van der Waals surface area contributed by atoms with Crippen molar-refractivity contribution in [1.29, 1.82) is 0 Å². The number of ether oxygens (including phenoxy) is 3. The summed E-state index contributed by atoms with van der Waals surface area (Å²) >= 11 is 0. The third-order valence-electron chi connectivity index (χ3n) is 17.1. The average Bonchev–Trinajstić information content (AvgIpc) is 3.49. The molecule has 488 valence electrons. The van der Waals surface area contributed by atoms with Gasteiger partial charge in [-0.25, -0.2) is 0 Å². The molecule has 6 heteroatoms. The maximum absolute atomic E-state index is 13.0. The van der Waals surface area contributed by atoms with Gasteiger partial charge in [0.2, 0.25) is 0 Å². The van der Waals surface area contributed by atoms with E-state index in [2.05, 4.69) is 57.2 Å². The molecule has 0 aliphatic carbocycles. The zero-order chi connectivity index (χ0) is 59.9. The molecule has 0 aliphatic rings. The summed E-state index contributed by atoms with van der Waals surface area (Å²) in [5.74, 6) is -0.853. The highest BCUT2D eigenvalue weighted by molar-refractivity contribution is 5.71. The average molecular weight is 1170 g/mol. The Morgan fingerprint density at radius 1 is 0.241 bits per heavy atom. The second-order valence-electron chi connectivity index (χ2n) is 25.6. The van der Waals surface area contributed by atoms with Crippen LogP contribution in [0.3, 0.4) is 0 Å². The molecule has 0 fully saturated rings. The van der Waals surface area contributed by atoms with Gasteiger partial charge in [-0.15, -0.1) is 0 Å². The molecule has 0 rings (SSSR count). The first-order valence-electron chi connectivity index (χ1n) is 37.5. The molecule has 0 bridgehead atoms. The lowest BCUT2D eigenvalue weighted by Crippen LogP contribution is -2.30. The first-order chi connectivity index (χ1) is 41.0. The second kappa shape index (κ2) is 72.1. The summed E-state index contributed by atoms with van der Waals surface area (Å²) in [5, 5.41) is 0. The lowest BCUT2D eigenvalue weighted by atomic mass is 10.0. The summed E-state index contributed by atoms with van der Waals surface area (Å²) in [6, 6.07) is 0. The van der Waals surface area contributed by atoms with E-state index < -0.39 is 6.10 Å². The normalized spacial score (nSPS) is 12.2. The monoisotopic (exact) mass is 1170 g/mol. The van der Waals surface area contributed by atoms with Gasteiger partial charge < -0.3 is 14.2 Å². The third-order valence-corrected chi connectivity index (χ3v) is 17.1. The van der Waals surface area contributed by atoms with E-state index in [9.17, 15) is 14.4 Å². The van der Waals surface area contributed by atoms with Gasteiger partial charge in [-0.1, -0.05) is 365 Å². The summed E-state index contributed by atoms with van der Waals surface area (Å²) in [6.45, 7) is 6.67. The van der Waals surface area contributed by atoms with Crippen LogP contribution in [0.15, 0.2) is 36.5 Å². The Balaban J connectivity index is 4.20. The Labute approximate surface area is 518 Å². The van der Waals surface area contributed by atoms with Crippen molar-refractivity contribution in [2.75, 3.05) is 13.2 Å². The van der Waals surface area contributed by atoms with Crippen molar-refractivity contribution in [3.63, 3.8) is 0 Å². The smallest absolute Gasteiger partial charge is 0.306 e. The molecular weight excluding hydrogens is 1020 g/mol. The van der Waals surface area contributed by atoms with Crippen molar-refractivity contribution in [2.24, 2.45) is 0 Å². The van der Waals surface area contributed by atoms with Crippen LogP contribution in [0.1, 0.15) is 419 Å². The van der Waals surface area contributed by atoms with Gasteiger partial charge in [0.05, 0.1) is 0 Å². The molecule has 1 atom stereocenters. The van der Waals surface area contributed by atoms with Gasteiger partial charge >= 0.3 is 17.9 Å². The van der Waals surface area contributed by atoms with Crippen molar-refractivity contribution in [3.05, 3.63) is 36.5 Å². The van der Waals surface area contributed by atoms with Crippen LogP contribution in [0.5, 0.6) is 0 Å². The van der Waals surface area contributed by atoms with Crippen LogP contribution in [0, 0.1) is 0 Å². The molecule has 1 unspecified atom stereocenters. The minimum Gasteiger partial charge on any atom is -0.462 e. The summed E-state index contributed by atoms with van der Waals surface area (Å²) in [4.78, 5) is 38.5. The number of carbonyl (C=O) groups excluding carboxylic acids is 3. The third kappa shape index (κ3) is 70.3. The fraction of sp³-hybridized carbons (Fsp3) is 0.883. The van der Waals surface area contributed by atoms with Gasteiger partial charge in [-0.05, 0) is 70.6 Å². The number of unbranched alkanes of at least 4 members (excludes halogenated alkanes) is 53. The second-order valence-corrected chi connectivity index (χ2v) is 25.6. The molecule has 0 aromatic rings. The standard InChI is InChI=1S/C77H144O6/c1-4-7-10-13-16-19-22-25-28-30-32-34-36-37-38-39-40-41-42-44-45-47-49-52-55-58-61-64-67-70-76(79)82-73-74(72-81-75(78)69-66-63-60-57-54-51-27-24-21-18-15-12-9-6-3)83-77(80)71-68-65-62-59-56-53-50-48-46-43-35-33-31-29-26-23-20-17-14-11-8-5-2/h15,18,24,27,30,32,74H,4-14,16-17,19-23,25-26,28-29,31,33-73H2,1-3H3/b18-15-,27-24-,32-30-. The minimum atomic E-state index is -0.776. The molecule has 0 spiro atoms. The molecule has 0 heterocycles. The van der Waals surface area contributed by atoms with E-state index in [-0.39, 0.29) is 31.1 Å². The maximum atomic E-state index is 13.0. The molecule has 0 aromatic heterocycles. The molecule has 0 aromatic carbocycles. The number of esters is 3. The molecular formula is C77H144O6. The minimum absolute atomic E-state index is 0.0709. The highest BCUT2D eigenvalue weighted by atomic mass is 16.6. The fourth-order valence-corrected chi connectivity index (χ4v) is 11.5. The first-order valence-corrected chi connectivity index (χ1v) is 37.5. The van der Waals surface area contributed by atoms with Gasteiger partial charge in [-0.2, -0.15) is 0 Å². The molecule has 6 nitrogen and oxygen atoms in total. The van der Waals surface area contributed by atoms with Crippen molar-refractivity contribution >= 4 is 17.9 Å². The number of allylic oxidation sites excluding steroid dienone is 6. The van der Waals surface area contributed by atoms with Crippen LogP contribution in [0.2, 0.25) is 0 Å². The van der Waals surface area contributed by atoms with Crippen molar-refractivity contribution < 1.29 is 28.6 Å². The van der Waals surface area contributed by atoms with E-state index in [4.69, 9.17) is 14.2 Å². The van der Waals surface area contributed by atoms with Gasteiger partial charge in [0, 0.05) is 19.3 Å². The lowest BCUT2D eigenvalue weighted by Gasteiger charge is -2.18. The van der Waals surface area contributed by atoms with E-state index in [0.717, 1.165) is 77.0 Å². The van der Waals surface area contributed by atoms with Crippen LogP contribution in [-0.2, 0) is 28.6 Å². The zero-order valence-corrected chi connectivity index (χ0v) is 56.2. The van der Waals surface area contributed by atoms with Gasteiger partial charge in [-0.3, -0.25) is 14.4 Å². The summed E-state index contributed by atoms with van der Waals surface area (Å²) in [7, 11) is 0. The van der Waals surface area contributed by atoms with Crippen molar-refractivity contribution in [2.45, 2.75) is 425 Å². The number of hydrogen-bond donors (Lipinski definition) is 0. The van der Waals surface area contributed by atoms with Gasteiger partial charge in [0.15, 0.2) is 6.10 Å². The summed E-state index contributed by atoms with van der Waals surface area (Å²) in [6.07, 6.45) is 90.5. The predicted octanol–water partition coefficient (Wildman–Crippen LogP) is 25.9. The Morgan fingerprint density at radius 3 is 0.711 bits per heavy atom. The Morgan fingerprint density at radius 2 is 0.446 bits per heavy atom. The molecule has 0 aliphatic heterocycles. The van der Waals surface area contributed by atoms with E-state index in [1.807, 2.05) is 0 Å². The van der Waals surface area contributed by atoms with E-state index in [0.29, 0.717) is 19.3 Å². The predicted molar refractivity (Wildman–Crippen MR) is 362 cm³/mol. The SMILES string of the molecule is CCCC/C=C\C/C=C\CCCCCCCC(=O)OCC(COC(=O)CCCCCCCCCCCCCCCCCCC/C=C\CCCCCCCCCC)OC(=O)CCCCCCCCCCCCCCCCCCCCCCCC. The zero-order valence-electron chi connectivity index (χ0n) is 56.2. The largest absolute Gasteiger partial charge is 0.462 e. The quantitative estimate of drug-likeness (QED) is 0.0261. The van der Waals surface area contributed by atoms with Gasteiger partial charge in [0.1, 0.15) is 13.2 Å². The van der Waals surface area contributed by atoms with E-state index in [1.54, 1.807) is 0 Å². The highest BCUT2D eigenvalue weighted by Crippen LogP contribution is 2.19. The summed E-state index contributed by atoms with van der Waals surface area (Å²) in [5.41, 5.74) is 0. The first kappa shape index (κ1) is 80.6. The number of rotatable bonds is 70. The Kier molecular flexibility index (Phi) is 70.0. The number of carbonyl (C=O) groups is 3. The van der Waals surface area contributed by atoms with Crippen LogP contribution in [0.4, 0.5) is 0 Å². The lowest BCUT2D eigenvalue weighted by molar-refractivity contribution is -0.167. The molecule has 0 saturated heterocycles. The Hall–Kier alpha value is -2.37. The van der Waals surface area contributed by atoms with E-state index >= 15 is 0 Å². The fourth-order valence-electron chi connectivity index (χ4n) is 11.5. The Bertz CT molecular complexity index is 1380. The van der Waals surface area contributed by atoms with E-state index in [1.165, 1.54) is 302 Å². The van der Waals surface area contributed by atoms with Crippen molar-refractivity contribution in [3.8, 4) is 0 Å². The molecule has 0 N–H and O–H groups in total. The molecule has 83 heavy (non-hydrogen) atoms. The van der Waals surface area contributed by atoms with Crippen LogP contribution < -0.4 is 0 Å². The van der Waals surface area contributed by atoms with Crippen LogP contribution in [-0.4, -0.2) is 37.2 Å². The topological polar surface area (TPSA) is 78.9 Å². The maximum Gasteiger partial charge on any atom is 0.306 e. The van der Waals surface area contributed by atoms with Crippen LogP contribution >= 0.6 is 0 Å². The van der Waals surface area contributed by atoms with Crippen molar-refractivity contribution in [1.82, 2.24) is 0 Å². The highest BCUT2D eigenvalue weighted by Gasteiger charge is 2.20. The van der Waals surface area contributed by atoms with Crippen LogP contribution in [0.25, 0.3) is 0 Å². The summed E-state index contributed by atoms with van der Waals surface area (Å²) < 4.78 is 17.0. The molecule has 0 radical (unpaired) electrons. The molecule has 0 amide bonds. The number of hydrogen-bond acceptors (Lipinski definition) is 6. The van der Waals surface area contributed by atoms with Gasteiger partial charge in [0.25, 0.3) is 0 Å². The molecule has 0 saturated carbocycles.